The van der Waals surface area contributed by atoms with Gasteiger partial charge in [-0.2, -0.15) is 0 Å². The molecule has 0 spiro atoms. The van der Waals surface area contributed by atoms with Crippen LogP contribution in [-0.4, -0.2) is 55.2 Å². The summed E-state index contributed by atoms with van der Waals surface area (Å²) in [6.45, 7) is 2.27. The molecule has 3 amide bonds. The molecule has 2 saturated heterocycles. The van der Waals surface area contributed by atoms with E-state index in [1.807, 2.05) is 6.92 Å². The highest BCUT2D eigenvalue weighted by Gasteiger charge is 2.36. The molecule has 1 atom stereocenters. The fourth-order valence-corrected chi connectivity index (χ4v) is 3.82. The topological polar surface area (TPSA) is 108 Å². The summed E-state index contributed by atoms with van der Waals surface area (Å²) in [6, 6.07) is 3.06. The summed E-state index contributed by atoms with van der Waals surface area (Å²) in [5.41, 5.74) is 1.79. The Kier molecular flexibility index (Phi) is 4.29. The summed E-state index contributed by atoms with van der Waals surface area (Å²) >= 11 is 0. The molecule has 4 rings (SSSR count). The second kappa shape index (κ2) is 6.64. The average molecular weight is 371 g/mol. The van der Waals surface area contributed by atoms with Gasteiger partial charge in [-0.05, 0) is 19.3 Å². The molecule has 9 nitrogen and oxygen atoms in total. The first kappa shape index (κ1) is 17.4. The van der Waals surface area contributed by atoms with E-state index in [1.165, 1.54) is 10.6 Å². The van der Waals surface area contributed by atoms with Crippen molar-refractivity contribution in [3.63, 3.8) is 0 Å². The molecule has 2 aliphatic heterocycles. The number of likely N-dealkylation sites (tertiary alicyclic amines) is 2. The summed E-state index contributed by atoms with van der Waals surface area (Å²) in [4.78, 5) is 55.7. The molecule has 0 saturated carbocycles. The number of hydrogen-bond donors (Lipinski definition) is 1. The van der Waals surface area contributed by atoms with Crippen molar-refractivity contribution in [2.75, 3.05) is 13.1 Å². The van der Waals surface area contributed by atoms with Gasteiger partial charge in [-0.15, -0.1) is 0 Å². The Morgan fingerprint density at radius 1 is 1.22 bits per heavy atom. The molecule has 0 radical (unpaired) electrons. The number of carbonyl (C=O) groups excluding carboxylic acids is 3. The number of H-pyrrole nitrogens is 1. The Morgan fingerprint density at radius 2 is 1.96 bits per heavy atom. The molecule has 0 bridgehead atoms. The quantitative estimate of drug-likeness (QED) is 0.783. The molecule has 2 aliphatic rings. The van der Waals surface area contributed by atoms with E-state index < -0.39 is 0 Å². The maximum absolute atomic E-state index is 12.7. The zero-order chi connectivity index (χ0) is 19.1. The van der Waals surface area contributed by atoms with Crippen LogP contribution in [-0.2, 0) is 20.8 Å². The lowest BCUT2D eigenvalue weighted by Crippen LogP contribution is -2.42. The maximum Gasteiger partial charge on any atom is 0.272 e. The van der Waals surface area contributed by atoms with Crippen molar-refractivity contribution in [2.24, 2.45) is 0 Å². The van der Waals surface area contributed by atoms with Crippen LogP contribution in [0.25, 0.3) is 5.65 Å². The Hall–Kier alpha value is -2.97. The molecule has 2 aromatic rings. The summed E-state index contributed by atoms with van der Waals surface area (Å²) < 4.78 is 1.38. The van der Waals surface area contributed by atoms with Gasteiger partial charge < -0.3 is 4.90 Å². The van der Waals surface area contributed by atoms with E-state index in [2.05, 4.69) is 10.1 Å². The third-order valence-corrected chi connectivity index (χ3v) is 5.27. The van der Waals surface area contributed by atoms with Crippen LogP contribution in [0.3, 0.4) is 0 Å². The molecular formula is C18H21N5O4. The zero-order valence-corrected chi connectivity index (χ0v) is 15.1. The number of aryl methyl sites for hydroxylation is 1. The van der Waals surface area contributed by atoms with Crippen LogP contribution >= 0.6 is 0 Å². The van der Waals surface area contributed by atoms with Crippen molar-refractivity contribution in [3.8, 4) is 0 Å². The number of amides is 3. The number of fused-ring (bicyclic) bond motifs is 1. The minimum absolute atomic E-state index is 0.173. The van der Waals surface area contributed by atoms with Crippen molar-refractivity contribution in [3.05, 3.63) is 33.9 Å². The van der Waals surface area contributed by atoms with E-state index in [1.54, 1.807) is 11.0 Å². The molecule has 9 heteroatoms. The number of aromatic nitrogens is 3. The first-order valence-corrected chi connectivity index (χ1v) is 9.22. The van der Waals surface area contributed by atoms with Gasteiger partial charge in [-0.1, -0.05) is 6.92 Å². The van der Waals surface area contributed by atoms with Crippen LogP contribution in [0.5, 0.6) is 0 Å². The number of aromatic amines is 1. The van der Waals surface area contributed by atoms with Gasteiger partial charge in [0.05, 0.1) is 11.7 Å². The number of nitrogens with zero attached hydrogens (tertiary/aromatic N) is 4. The Morgan fingerprint density at radius 3 is 2.67 bits per heavy atom. The lowest BCUT2D eigenvalue weighted by molar-refractivity contribution is -0.145. The van der Waals surface area contributed by atoms with Gasteiger partial charge in [0.2, 0.25) is 17.7 Å². The van der Waals surface area contributed by atoms with Gasteiger partial charge in [0.1, 0.15) is 6.54 Å². The lowest BCUT2D eigenvalue weighted by Gasteiger charge is -2.25. The minimum Gasteiger partial charge on any atom is -0.333 e. The number of carbonyl (C=O) groups is 3. The number of hydrogen-bond acceptors (Lipinski definition) is 5. The molecule has 2 fully saturated rings. The first-order chi connectivity index (χ1) is 13.0. The van der Waals surface area contributed by atoms with Gasteiger partial charge in [-0.25, -0.2) is 9.50 Å². The Bertz CT molecular complexity index is 975. The largest absolute Gasteiger partial charge is 0.333 e. The summed E-state index contributed by atoms with van der Waals surface area (Å²) in [7, 11) is 0. The van der Waals surface area contributed by atoms with E-state index >= 15 is 0 Å². The van der Waals surface area contributed by atoms with E-state index in [-0.39, 0.29) is 48.7 Å². The second-order valence-electron chi connectivity index (χ2n) is 6.96. The Balaban J connectivity index is 1.59. The third kappa shape index (κ3) is 3.02. The van der Waals surface area contributed by atoms with Crippen molar-refractivity contribution in [2.45, 2.75) is 45.1 Å². The highest BCUT2D eigenvalue weighted by molar-refractivity contribution is 6.04. The van der Waals surface area contributed by atoms with E-state index in [0.717, 1.165) is 29.1 Å². The highest BCUT2D eigenvalue weighted by atomic mass is 16.2. The van der Waals surface area contributed by atoms with Gasteiger partial charge in [-0.3, -0.25) is 29.2 Å². The fraction of sp³-hybridized carbons (Fsp3) is 0.500. The van der Waals surface area contributed by atoms with Gasteiger partial charge in [0.15, 0.2) is 5.65 Å². The van der Waals surface area contributed by atoms with E-state index in [4.69, 9.17) is 0 Å². The van der Waals surface area contributed by atoms with Crippen LogP contribution in [0.1, 0.15) is 50.0 Å². The molecule has 0 unspecified atom stereocenters. The van der Waals surface area contributed by atoms with Gasteiger partial charge >= 0.3 is 0 Å². The predicted octanol–water partition coefficient (Wildman–Crippen LogP) is 0.398. The molecule has 4 heterocycles. The molecule has 1 N–H and O–H groups in total. The van der Waals surface area contributed by atoms with Crippen molar-refractivity contribution in [1.82, 2.24) is 24.4 Å². The van der Waals surface area contributed by atoms with Crippen LogP contribution < -0.4 is 5.56 Å². The number of rotatable bonds is 4. The molecule has 142 valence electrons. The number of nitrogens with one attached hydrogen (secondary N) is 1. The maximum atomic E-state index is 12.7. The smallest absolute Gasteiger partial charge is 0.272 e. The summed E-state index contributed by atoms with van der Waals surface area (Å²) in [5, 5.41) is 3.05. The van der Waals surface area contributed by atoms with Crippen molar-refractivity contribution in [1.29, 1.82) is 0 Å². The standard InChI is InChI=1S/C18H21N5O4/c1-2-11-8-17(26)23-14(19-11)9-12(20-23)13-4-3-7-21(13)18(27)10-22-15(24)5-6-16(22)25/h8-9,13,20H,2-7,10H2,1H3/t13-/m1/s1. The van der Waals surface area contributed by atoms with Crippen LogP contribution in [0.4, 0.5) is 0 Å². The average Bonchev–Trinajstić information content (AvgIpc) is 3.35. The molecule has 0 aromatic carbocycles. The SMILES string of the molecule is CCc1cc(=O)n2[nH]c([C@H]3CCCN3C(=O)CN3C(=O)CCC3=O)cc2n1. The normalized spacial score (nSPS) is 20.3. The number of imide groups is 1. The minimum atomic E-state index is -0.294. The van der Waals surface area contributed by atoms with Gasteiger partial charge in [0.25, 0.3) is 5.56 Å². The Labute approximate surface area is 154 Å². The molecule has 0 aliphatic carbocycles. The van der Waals surface area contributed by atoms with Crippen molar-refractivity contribution >= 4 is 23.4 Å². The molecule has 2 aromatic heterocycles. The summed E-state index contributed by atoms with van der Waals surface area (Å²) in [5.74, 6) is -0.843. The van der Waals surface area contributed by atoms with Crippen molar-refractivity contribution < 1.29 is 14.4 Å². The van der Waals surface area contributed by atoms with E-state index in [9.17, 15) is 19.2 Å². The third-order valence-electron chi connectivity index (χ3n) is 5.27. The second-order valence-corrected chi connectivity index (χ2v) is 6.96. The molecule has 27 heavy (non-hydrogen) atoms. The van der Waals surface area contributed by atoms with Gasteiger partial charge in [0, 0.05) is 37.2 Å². The monoisotopic (exact) mass is 371 g/mol. The lowest BCUT2D eigenvalue weighted by atomic mass is 10.1. The van der Waals surface area contributed by atoms with E-state index in [0.29, 0.717) is 18.6 Å². The predicted molar refractivity (Wildman–Crippen MR) is 94.8 cm³/mol. The molecular weight excluding hydrogens is 350 g/mol. The fourth-order valence-electron chi connectivity index (χ4n) is 3.82. The summed E-state index contributed by atoms with van der Waals surface area (Å²) in [6.07, 6.45) is 2.57. The highest BCUT2D eigenvalue weighted by Crippen LogP contribution is 2.31. The zero-order valence-electron chi connectivity index (χ0n) is 15.1. The van der Waals surface area contributed by atoms with Crippen LogP contribution in [0, 0.1) is 0 Å². The van der Waals surface area contributed by atoms with Crippen LogP contribution in [0.2, 0.25) is 0 Å². The first-order valence-electron chi connectivity index (χ1n) is 9.22. The van der Waals surface area contributed by atoms with Crippen LogP contribution in [0.15, 0.2) is 16.9 Å².